The van der Waals surface area contributed by atoms with E-state index in [1.165, 1.54) is 0 Å². The average molecular weight is 275 g/mol. The summed E-state index contributed by atoms with van der Waals surface area (Å²) >= 11 is 0. The van der Waals surface area contributed by atoms with Gasteiger partial charge < -0.3 is 10.5 Å². The molecule has 1 rings (SSSR count). The molecule has 0 spiro atoms. The summed E-state index contributed by atoms with van der Waals surface area (Å²) in [5.41, 5.74) is 5.53. The first-order valence-electron chi connectivity index (χ1n) is 5.79. The van der Waals surface area contributed by atoms with Crippen LogP contribution in [0.1, 0.15) is 33.1 Å². The molecular formula is C11H18F5NO. The lowest BCUT2D eigenvalue weighted by molar-refractivity contribution is -0.301. The van der Waals surface area contributed by atoms with Crippen molar-refractivity contribution >= 4 is 0 Å². The fourth-order valence-electron chi connectivity index (χ4n) is 2.09. The molecule has 0 radical (unpaired) electrons. The number of nitrogens with two attached hydrogens (primary N) is 1. The Hall–Kier alpha value is -0.430. The average Bonchev–Trinajstić information content (AvgIpc) is 2.18. The lowest BCUT2D eigenvalue weighted by Crippen LogP contribution is -2.52. The molecule has 0 saturated heterocycles. The minimum absolute atomic E-state index is 0.309. The molecule has 2 atom stereocenters. The summed E-state index contributed by atoms with van der Waals surface area (Å²) in [5.74, 6) is -4.83. The normalized spacial score (nSPS) is 29.3. The molecule has 0 heterocycles. The molecule has 2 N–H and O–H groups in total. The number of hydrogen-bond donors (Lipinski definition) is 1. The van der Waals surface area contributed by atoms with Gasteiger partial charge in [-0.15, -0.1) is 0 Å². The standard InChI is InChI=1S/C11H18F5NO/c1-9(2)5-3-4-7(8(9)17)18-6-10(12,13)11(14,15)16/h7-8H,3-6,17H2,1-2H3. The molecule has 18 heavy (non-hydrogen) atoms. The van der Waals surface area contributed by atoms with Crippen LogP contribution in [0.3, 0.4) is 0 Å². The topological polar surface area (TPSA) is 35.2 Å². The highest BCUT2D eigenvalue weighted by molar-refractivity contribution is 4.92. The van der Waals surface area contributed by atoms with E-state index >= 15 is 0 Å². The number of hydrogen-bond acceptors (Lipinski definition) is 2. The van der Waals surface area contributed by atoms with Gasteiger partial charge in [0, 0.05) is 6.04 Å². The minimum Gasteiger partial charge on any atom is -0.370 e. The van der Waals surface area contributed by atoms with Gasteiger partial charge in [0.15, 0.2) is 0 Å². The molecule has 2 unspecified atom stereocenters. The Kier molecular flexibility index (Phi) is 4.27. The van der Waals surface area contributed by atoms with E-state index in [4.69, 9.17) is 10.5 Å². The molecule has 0 aromatic rings. The van der Waals surface area contributed by atoms with Crippen molar-refractivity contribution in [3.05, 3.63) is 0 Å². The molecule has 0 amide bonds. The van der Waals surface area contributed by atoms with E-state index in [1.807, 2.05) is 13.8 Å². The second kappa shape index (κ2) is 4.92. The molecular weight excluding hydrogens is 257 g/mol. The van der Waals surface area contributed by atoms with Crippen LogP contribution < -0.4 is 5.73 Å². The van der Waals surface area contributed by atoms with E-state index in [1.54, 1.807) is 0 Å². The monoisotopic (exact) mass is 275 g/mol. The van der Waals surface area contributed by atoms with Gasteiger partial charge in [-0.05, 0) is 18.3 Å². The Morgan fingerprint density at radius 1 is 1.22 bits per heavy atom. The molecule has 1 saturated carbocycles. The molecule has 108 valence electrons. The molecule has 7 heteroatoms. The van der Waals surface area contributed by atoms with Crippen molar-refractivity contribution in [1.29, 1.82) is 0 Å². The number of halogens is 5. The molecule has 0 aromatic carbocycles. The van der Waals surface area contributed by atoms with Crippen molar-refractivity contribution in [2.24, 2.45) is 11.1 Å². The predicted molar refractivity (Wildman–Crippen MR) is 56.3 cm³/mol. The first-order chi connectivity index (χ1) is 7.97. The maximum Gasteiger partial charge on any atom is 0.455 e. The van der Waals surface area contributed by atoms with Gasteiger partial charge in [-0.3, -0.25) is 0 Å². The van der Waals surface area contributed by atoms with Crippen LogP contribution in [0.15, 0.2) is 0 Å². The van der Waals surface area contributed by atoms with Gasteiger partial charge in [0.2, 0.25) is 0 Å². The molecule has 0 aliphatic heterocycles. The van der Waals surface area contributed by atoms with E-state index in [9.17, 15) is 22.0 Å². The van der Waals surface area contributed by atoms with Crippen LogP contribution in [0, 0.1) is 5.41 Å². The smallest absolute Gasteiger partial charge is 0.370 e. The Morgan fingerprint density at radius 3 is 2.28 bits per heavy atom. The lowest BCUT2D eigenvalue weighted by atomic mass is 9.72. The number of rotatable bonds is 3. The van der Waals surface area contributed by atoms with E-state index in [-0.39, 0.29) is 5.41 Å². The van der Waals surface area contributed by atoms with Crippen LogP contribution in [0.4, 0.5) is 22.0 Å². The van der Waals surface area contributed by atoms with Gasteiger partial charge in [0.05, 0.1) is 6.10 Å². The number of alkyl halides is 5. The quantitative estimate of drug-likeness (QED) is 0.803. The Labute approximate surface area is 103 Å². The zero-order chi connectivity index (χ0) is 14.2. The van der Waals surface area contributed by atoms with Gasteiger partial charge in [0.25, 0.3) is 0 Å². The SMILES string of the molecule is CC1(C)CCCC(OCC(F)(F)C(F)(F)F)C1N. The second-order valence-electron chi connectivity index (χ2n) is 5.46. The maximum absolute atomic E-state index is 12.7. The van der Waals surface area contributed by atoms with Gasteiger partial charge in [-0.2, -0.15) is 22.0 Å². The molecule has 1 aliphatic carbocycles. The summed E-state index contributed by atoms with van der Waals surface area (Å²) in [6.45, 7) is 2.05. The summed E-state index contributed by atoms with van der Waals surface area (Å²) in [6, 6.07) is -0.532. The summed E-state index contributed by atoms with van der Waals surface area (Å²) < 4.78 is 66.1. The van der Waals surface area contributed by atoms with Crippen molar-refractivity contribution in [1.82, 2.24) is 0 Å². The Morgan fingerprint density at radius 2 is 1.78 bits per heavy atom. The van der Waals surface area contributed by atoms with Crippen molar-refractivity contribution in [3.8, 4) is 0 Å². The van der Waals surface area contributed by atoms with Gasteiger partial charge >= 0.3 is 12.1 Å². The Bertz CT molecular complexity index is 290. The Balaban J connectivity index is 2.59. The molecule has 2 nitrogen and oxygen atoms in total. The van der Waals surface area contributed by atoms with Crippen molar-refractivity contribution < 1.29 is 26.7 Å². The summed E-state index contributed by atoms with van der Waals surface area (Å²) in [7, 11) is 0. The van der Waals surface area contributed by atoms with E-state index in [2.05, 4.69) is 0 Å². The molecule has 0 aromatic heterocycles. The highest BCUT2D eigenvalue weighted by atomic mass is 19.4. The van der Waals surface area contributed by atoms with Gasteiger partial charge in [0.1, 0.15) is 6.61 Å². The van der Waals surface area contributed by atoms with Crippen molar-refractivity contribution in [2.45, 2.75) is 57.4 Å². The van der Waals surface area contributed by atoms with Gasteiger partial charge in [-0.1, -0.05) is 20.3 Å². The maximum atomic E-state index is 12.7. The van der Waals surface area contributed by atoms with Crippen LogP contribution in [0.2, 0.25) is 0 Å². The van der Waals surface area contributed by atoms with Crippen molar-refractivity contribution in [3.63, 3.8) is 0 Å². The van der Waals surface area contributed by atoms with E-state index < -0.39 is 30.9 Å². The lowest BCUT2D eigenvalue weighted by Gasteiger charge is -2.41. The summed E-state index contributed by atoms with van der Waals surface area (Å²) in [4.78, 5) is 0. The third kappa shape index (κ3) is 3.32. The fraction of sp³-hybridized carbons (Fsp3) is 1.00. The third-order valence-electron chi connectivity index (χ3n) is 3.51. The molecule has 0 bridgehead atoms. The number of ether oxygens (including phenoxy) is 1. The third-order valence-corrected chi connectivity index (χ3v) is 3.51. The van der Waals surface area contributed by atoms with Crippen molar-refractivity contribution in [2.75, 3.05) is 6.61 Å². The highest BCUT2D eigenvalue weighted by Gasteiger charge is 2.58. The predicted octanol–water partition coefficient (Wildman–Crippen LogP) is 3.11. The zero-order valence-electron chi connectivity index (χ0n) is 10.4. The van der Waals surface area contributed by atoms with Crippen LogP contribution in [-0.2, 0) is 4.74 Å². The van der Waals surface area contributed by atoms with E-state index in [0.29, 0.717) is 12.8 Å². The second-order valence-corrected chi connectivity index (χ2v) is 5.46. The van der Waals surface area contributed by atoms with Crippen LogP contribution in [0.5, 0.6) is 0 Å². The minimum atomic E-state index is -5.58. The largest absolute Gasteiger partial charge is 0.455 e. The first kappa shape index (κ1) is 15.6. The highest BCUT2D eigenvalue weighted by Crippen LogP contribution is 2.39. The molecule has 1 fully saturated rings. The molecule has 1 aliphatic rings. The summed E-state index contributed by atoms with van der Waals surface area (Å²) in [6.07, 6.45) is -4.39. The van der Waals surface area contributed by atoms with Crippen LogP contribution >= 0.6 is 0 Å². The fourth-order valence-corrected chi connectivity index (χ4v) is 2.09. The first-order valence-corrected chi connectivity index (χ1v) is 5.79. The zero-order valence-corrected chi connectivity index (χ0v) is 10.4. The van der Waals surface area contributed by atoms with Crippen LogP contribution in [0.25, 0.3) is 0 Å². The summed E-state index contributed by atoms with van der Waals surface area (Å²) in [5, 5.41) is 0. The van der Waals surface area contributed by atoms with Gasteiger partial charge in [-0.25, -0.2) is 0 Å². The van der Waals surface area contributed by atoms with E-state index in [0.717, 1.165) is 6.42 Å². The van der Waals surface area contributed by atoms with Crippen LogP contribution in [-0.4, -0.2) is 30.9 Å².